The zero-order chi connectivity index (χ0) is 11.1. The van der Waals surface area contributed by atoms with E-state index in [0.29, 0.717) is 12.0 Å². The molecule has 0 amide bonds. The van der Waals surface area contributed by atoms with Crippen LogP contribution in [0.2, 0.25) is 0 Å². The minimum Gasteiger partial charge on any atom is -0.380 e. The van der Waals surface area contributed by atoms with E-state index in [1.807, 2.05) is 18.5 Å². The van der Waals surface area contributed by atoms with Crippen LogP contribution in [0.1, 0.15) is 31.7 Å². The lowest BCUT2D eigenvalue weighted by Crippen LogP contribution is -2.33. The topological polar surface area (TPSA) is 34.1 Å². The zero-order valence-corrected chi connectivity index (χ0v) is 10.5. The Labute approximate surface area is 95.9 Å². The number of thiazole rings is 1. The number of ether oxygens (including phenoxy) is 1. The Kier molecular flexibility index (Phi) is 5.83. The van der Waals surface area contributed by atoms with Crippen molar-refractivity contribution in [3.8, 4) is 0 Å². The lowest BCUT2D eigenvalue weighted by atomic mass is 10.2. The van der Waals surface area contributed by atoms with Crippen molar-refractivity contribution in [3.63, 3.8) is 0 Å². The molecular weight excluding hydrogens is 208 g/mol. The van der Waals surface area contributed by atoms with Crippen molar-refractivity contribution in [2.75, 3.05) is 19.8 Å². The molecule has 0 spiro atoms. The summed E-state index contributed by atoms with van der Waals surface area (Å²) in [6, 6.07) is 0.410. The summed E-state index contributed by atoms with van der Waals surface area (Å²) in [6.07, 6.45) is 1.86. The third-order valence-electron chi connectivity index (χ3n) is 2.22. The third-order valence-corrected chi connectivity index (χ3v) is 3.22. The predicted octanol–water partition coefficient (Wildman–Crippen LogP) is 2.26. The van der Waals surface area contributed by atoms with Crippen molar-refractivity contribution in [3.05, 3.63) is 16.6 Å². The quantitative estimate of drug-likeness (QED) is 0.777. The molecule has 1 aromatic rings. The third kappa shape index (κ3) is 4.73. The number of hydrogen-bond donors (Lipinski definition) is 1. The van der Waals surface area contributed by atoms with Crippen LogP contribution >= 0.6 is 11.3 Å². The maximum absolute atomic E-state index is 5.34. The van der Waals surface area contributed by atoms with Crippen LogP contribution in [0.15, 0.2) is 11.6 Å². The van der Waals surface area contributed by atoms with Crippen molar-refractivity contribution in [2.24, 2.45) is 0 Å². The average molecular weight is 228 g/mol. The largest absolute Gasteiger partial charge is 0.380 e. The highest BCUT2D eigenvalue weighted by Crippen LogP contribution is 2.16. The number of hydrogen-bond acceptors (Lipinski definition) is 4. The van der Waals surface area contributed by atoms with Crippen LogP contribution in [0.4, 0.5) is 0 Å². The molecule has 1 N–H and O–H groups in total. The fourth-order valence-electron chi connectivity index (χ4n) is 1.30. The summed E-state index contributed by atoms with van der Waals surface area (Å²) in [4.78, 5) is 4.30. The molecule has 86 valence electrons. The molecule has 0 bridgehead atoms. The summed E-state index contributed by atoms with van der Waals surface area (Å²) < 4.78 is 5.34. The SMILES string of the molecule is CCOCC(C)NCC(C)c1nccs1. The van der Waals surface area contributed by atoms with Gasteiger partial charge in [0, 0.05) is 36.7 Å². The fourth-order valence-corrected chi connectivity index (χ4v) is 2.00. The van der Waals surface area contributed by atoms with Crippen LogP contribution in [0.3, 0.4) is 0 Å². The standard InChI is InChI=1S/C11H20N2OS/c1-4-14-8-10(3)13-7-9(2)11-12-5-6-15-11/h5-6,9-10,13H,4,7-8H2,1-3H3. The Balaban J connectivity index is 2.19. The smallest absolute Gasteiger partial charge is 0.0965 e. The van der Waals surface area contributed by atoms with Gasteiger partial charge in [0.05, 0.1) is 11.6 Å². The average Bonchev–Trinajstić information content (AvgIpc) is 2.76. The second-order valence-electron chi connectivity index (χ2n) is 3.74. The molecule has 0 saturated heterocycles. The number of nitrogens with one attached hydrogen (secondary N) is 1. The molecule has 0 aliphatic rings. The summed E-state index contributed by atoms with van der Waals surface area (Å²) >= 11 is 1.72. The fraction of sp³-hybridized carbons (Fsp3) is 0.727. The van der Waals surface area contributed by atoms with Crippen LogP contribution in [-0.4, -0.2) is 30.8 Å². The molecule has 3 nitrogen and oxygen atoms in total. The molecule has 1 aromatic heterocycles. The molecule has 0 saturated carbocycles. The van der Waals surface area contributed by atoms with Gasteiger partial charge in [0.15, 0.2) is 0 Å². The summed E-state index contributed by atoms with van der Waals surface area (Å²) in [5.74, 6) is 0.481. The van der Waals surface area contributed by atoms with Gasteiger partial charge in [-0.2, -0.15) is 0 Å². The Bertz CT molecular complexity index is 251. The molecule has 0 fully saturated rings. The van der Waals surface area contributed by atoms with E-state index in [4.69, 9.17) is 4.74 Å². The van der Waals surface area contributed by atoms with Gasteiger partial charge in [-0.15, -0.1) is 11.3 Å². The number of aromatic nitrogens is 1. The van der Waals surface area contributed by atoms with Gasteiger partial charge in [0.1, 0.15) is 0 Å². The van der Waals surface area contributed by atoms with E-state index in [-0.39, 0.29) is 0 Å². The van der Waals surface area contributed by atoms with E-state index < -0.39 is 0 Å². The molecule has 4 heteroatoms. The van der Waals surface area contributed by atoms with Crippen LogP contribution in [0.25, 0.3) is 0 Å². The van der Waals surface area contributed by atoms with E-state index in [0.717, 1.165) is 19.8 Å². The maximum atomic E-state index is 5.34. The zero-order valence-electron chi connectivity index (χ0n) is 9.69. The number of nitrogens with zero attached hydrogens (tertiary/aromatic N) is 1. The Hall–Kier alpha value is -0.450. The van der Waals surface area contributed by atoms with Gasteiger partial charge in [0.2, 0.25) is 0 Å². The van der Waals surface area contributed by atoms with Crippen LogP contribution in [0, 0.1) is 0 Å². The Morgan fingerprint density at radius 1 is 1.53 bits per heavy atom. The highest BCUT2D eigenvalue weighted by Gasteiger charge is 2.09. The van der Waals surface area contributed by atoms with E-state index in [2.05, 4.69) is 24.1 Å². The van der Waals surface area contributed by atoms with Crippen LogP contribution in [-0.2, 0) is 4.74 Å². The molecule has 1 heterocycles. The first-order chi connectivity index (χ1) is 7.24. The van der Waals surface area contributed by atoms with E-state index in [9.17, 15) is 0 Å². The first-order valence-corrected chi connectivity index (χ1v) is 6.32. The minimum atomic E-state index is 0.410. The minimum absolute atomic E-state index is 0.410. The predicted molar refractivity (Wildman–Crippen MR) is 64.5 cm³/mol. The molecular formula is C11H20N2OS. The molecule has 2 unspecified atom stereocenters. The Morgan fingerprint density at radius 2 is 2.33 bits per heavy atom. The molecule has 0 aliphatic carbocycles. The van der Waals surface area contributed by atoms with Crippen molar-refractivity contribution >= 4 is 11.3 Å². The first kappa shape index (κ1) is 12.6. The van der Waals surface area contributed by atoms with E-state index in [1.54, 1.807) is 11.3 Å². The normalized spacial score (nSPS) is 15.1. The van der Waals surface area contributed by atoms with Crippen molar-refractivity contribution in [2.45, 2.75) is 32.7 Å². The van der Waals surface area contributed by atoms with Crippen LogP contribution < -0.4 is 5.32 Å². The van der Waals surface area contributed by atoms with Gasteiger partial charge < -0.3 is 10.1 Å². The van der Waals surface area contributed by atoms with Gasteiger partial charge >= 0.3 is 0 Å². The maximum Gasteiger partial charge on any atom is 0.0965 e. The molecule has 2 atom stereocenters. The van der Waals surface area contributed by atoms with Crippen molar-refractivity contribution < 1.29 is 4.74 Å². The molecule has 0 radical (unpaired) electrons. The van der Waals surface area contributed by atoms with Crippen LogP contribution in [0.5, 0.6) is 0 Å². The van der Waals surface area contributed by atoms with Crippen molar-refractivity contribution in [1.29, 1.82) is 0 Å². The number of rotatable bonds is 7. The first-order valence-electron chi connectivity index (χ1n) is 5.44. The lowest BCUT2D eigenvalue weighted by Gasteiger charge is -2.16. The second-order valence-corrected chi connectivity index (χ2v) is 4.67. The van der Waals surface area contributed by atoms with Crippen molar-refractivity contribution in [1.82, 2.24) is 10.3 Å². The van der Waals surface area contributed by atoms with Gasteiger partial charge in [-0.05, 0) is 13.8 Å². The molecule has 0 aliphatic heterocycles. The van der Waals surface area contributed by atoms with E-state index in [1.165, 1.54) is 5.01 Å². The van der Waals surface area contributed by atoms with Gasteiger partial charge in [-0.25, -0.2) is 4.98 Å². The summed E-state index contributed by atoms with van der Waals surface area (Å²) in [6.45, 7) is 8.88. The lowest BCUT2D eigenvalue weighted by molar-refractivity contribution is 0.127. The van der Waals surface area contributed by atoms with Gasteiger partial charge in [-0.3, -0.25) is 0 Å². The second kappa shape index (κ2) is 6.93. The monoisotopic (exact) mass is 228 g/mol. The van der Waals surface area contributed by atoms with Gasteiger partial charge in [-0.1, -0.05) is 6.92 Å². The summed E-state index contributed by atoms with van der Waals surface area (Å²) in [7, 11) is 0. The van der Waals surface area contributed by atoms with E-state index >= 15 is 0 Å². The summed E-state index contributed by atoms with van der Waals surface area (Å²) in [5.41, 5.74) is 0. The summed E-state index contributed by atoms with van der Waals surface area (Å²) in [5, 5.41) is 6.67. The molecule has 0 aromatic carbocycles. The highest BCUT2D eigenvalue weighted by atomic mass is 32.1. The molecule has 15 heavy (non-hydrogen) atoms. The Morgan fingerprint density at radius 3 is 2.93 bits per heavy atom. The highest BCUT2D eigenvalue weighted by molar-refractivity contribution is 7.09. The molecule has 1 rings (SSSR count). The van der Waals surface area contributed by atoms with Gasteiger partial charge in [0.25, 0.3) is 0 Å².